The highest BCUT2D eigenvalue weighted by atomic mass is 19.1. The van der Waals surface area contributed by atoms with Crippen molar-refractivity contribution in [3.63, 3.8) is 0 Å². The molecule has 0 atom stereocenters. The second-order valence-electron chi connectivity index (χ2n) is 7.36. The Balaban J connectivity index is 1.52. The number of hydrogen-bond acceptors (Lipinski definition) is 6. The highest BCUT2D eigenvalue weighted by Gasteiger charge is 2.22. The van der Waals surface area contributed by atoms with Crippen molar-refractivity contribution in [1.82, 2.24) is 0 Å². The second kappa shape index (κ2) is 9.99. The zero-order valence-electron chi connectivity index (χ0n) is 18.2. The molecule has 172 valence electrons. The summed E-state index contributed by atoms with van der Waals surface area (Å²) < 4.78 is 30.0. The lowest BCUT2D eigenvalue weighted by Gasteiger charge is -2.13. The molecule has 3 aromatic carbocycles. The van der Waals surface area contributed by atoms with E-state index in [-0.39, 0.29) is 18.1 Å². The Hall–Kier alpha value is -4.46. The molecule has 0 fully saturated rings. The van der Waals surface area contributed by atoms with Crippen molar-refractivity contribution in [3.8, 4) is 11.5 Å². The van der Waals surface area contributed by atoms with Gasteiger partial charge in [0.2, 0.25) is 0 Å². The lowest BCUT2D eigenvalue weighted by atomic mass is 10.1. The SMILES string of the molecule is CCOc1cc(/C=C2\C=C(c3ccc(F)cc3)OC2=O)ccc1OCc1ccc([N+](=O)[O-])cc1. The lowest BCUT2D eigenvalue weighted by Crippen LogP contribution is -2.00. The first-order chi connectivity index (χ1) is 16.4. The van der Waals surface area contributed by atoms with E-state index in [9.17, 15) is 19.3 Å². The van der Waals surface area contributed by atoms with Crippen molar-refractivity contribution in [2.24, 2.45) is 0 Å². The van der Waals surface area contributed by atoms with Gasteiger partial charge in [-0.05, 0) is 78.7 Å². The molecule has 1 aliphatic heterocycles. The number of esters is 1. The van der Waals surface area contributed by atoms with E-state index in [1.54, 1.807) is 54.6 Å². The van der Waals surface area contributed by atoms with Crippen LogP contribution < -0.4 is 9.47 Å². The fraction of sp³-hybridized carbons (Fsp3) is 0.115. The van der Waals surface area contributed by atoms with Gasteiger partial charge in [-0.25, -0.2) is 9.18 Å². The first-order valence-corrected chi connectivity index (χ1v) is 10.5. The average molecular weight is 461 g/mol. The number of nitro benzene ring substituents is 1. The van der Waals surface area contributed by atoms with Crippen LogP contribution in [0.25, 0.3) is 11.8 Å². The smallest absolute Gasteiger partial charge is 0.343 e. The Labute approximate surface area is 194 Å². The maximum atomic E-state index is 13.2. The second-order valence-corrected chi connectivity index (χ2v) is 7.36. The van der Waals surface area contributed by atoms with Crippen LogP contribution >= 0.6 is 0 Å². The normalized spacial score (nSPS) is 14.0. The Kier molecular flexibility index (Phi) is 6.68. The predicted molar refractivity (Wildman–Crippen MR) is 123 cm³/mol. The summed E-state index contributed by atoms with van der Waals surface area (Å²) in [5, 5.41) is 10.8. The quantitative estimate of drug-likeness (QED) is 0.185. The van der Waals surface area contributed by atoms with Crippen molar-refractivity contribution in [2.75, 3.05) is 6.61 Å². The summed E-state index contributed by atoms with van der Waals surface area (Å²) in [4.78, 5) is 22.7. The number of non-ortho nitro benzene ring substituents is 1. The van der Waals surface area contributed by atoms with E-state index in [1.807, 2.05) is 6.92 Å². The predicted octanol–water partition coefficient (Wildman–Crippen LogP) is 5.69. The minimum atomic E-state index is -0.504. The number of halogens is 1. The molecule has 0 bridgehead atoms. The van der Waals surface area contributed by atoms with E-state index in [2.05, 4.69) is 0 Å². The van der Waals surface area contributed by atoms with Crippen molar-refractivity contribution >= 4 is 23.5 Å². The number of rotatable bonds is 8. The Bertz CT molecular complexity index is 1280. The largest absolute Gasteiger partial charge is 0.490 e. The summed E-state index contributed by atoms with van der Waals surface area (Å²) in [6, 6.07) is 17.1. The molecule has 4 rings (SSSR count). The van der Waals surface area contributed by atoms with Gasteiger partial charge in [0.15, 0.2) is 11.5 Å². The number of cyclic esters (lactones) is 1. The summed E-state index contributed by atoms with van der Waals surface area (Å²) in [5.41, 5.74) is 2.43. The van der Waals surface area contributed by atoms with Gasteiger partial charge in [0, 0.05) is 17.7 Å². The first-order valence-electron chi connectivity index (χ1n) is 10.5. The third kappa shape index (κ3) is 5.29. The van der Waals surface area contributed by atoms with Crippen LogP contribution in [-0.2, 0) is 16.1 Å². The van der Waals surface area contributed by atoms with Gasteiger partial charge >= 0.3 is 5.97 Å². The highest BCUT2D eigenvalue weighted by molar-refractivity contribution is 6.05. The summed E-state index contributed by atoms with van der Waals surface area (Å²) >= 11 is 0. The number of benzene rings is 3. The van der Waals surface area contributed by atoms with Crippen molar-refractivity contribution in [2.45, 2.75) is 13.5 Å². The lowest BCUT2D eigenvalue weighted by molar-refractivity contribution is -0.384. The van der Waals surface area contributed by atoms with Crippen LogP contribution in [0.4, 0.5) is 10.1 Å². The van der Waals surface area contributed by atoms with E-state index in [1.165, 1.54) is 24.3 Å². The van der Waals surface area contributed by atoms with Crippen molar-refractivity contribution in [3.05, 3.63) is 111 Å². The van der Waals surface area contributed by atoms with Gasteiger partial charge in [0.25, 0.3) is 5.69 Å². The molecule has 0 aromatic heterocycles. The van der Waals surface area contributed by atoms with Crippen molar-refractivity contribution in [1.29, 1.82) is 0 Å². The minimum Gasteiger partial charge on any atom is -0.490 e. The molecule has 1 heterocycles. The molecule has 1 aliphatic rings. The fourth-order valence-corrected chi connectivity index (χ4v) is 3.30. The molecule has 7 nitrogen and oxygen atoms in total. The van der Waals surface area contributed by atoms with Crippen LogP contribution in [-0.4, -0.2) is 17.5 Å². The number of carbonyl (C=O) groups excluding carboxylic acids is 1. The minimum absolute atomic E-state index is 0.0122. The van der Waals surface area contributed by atoms with Crippen LogP contribution in [0.15, 0.2) is 78.4 Å². The van der Waals surface area contributed by atoms with Gasteiger partial charge in [-0.15, -0.1) is 0 Å². The van der Waals surface area contributed by atoms with Crippen LogP contribution in [0, 0.1) is 15.9 Å². The Morgan fingerprint density at radius 2 is 1.74 bits per heavy atom. The fourth-order valence-electron chi connectivity index (χ4n) is 3.30. The molecule has 0 N–H and O–H groups in total. The van der Waals surface area contributed by atoms with Crippen LogP contribution in [0.5, 0.6) is 11.5 Å². The number of ether oxygens (including phenoxy) is 3. The third-order valence-electron chi connectivity index (χ3n) is 4.98. The topological polar surface area (TPSA) is 87.9 Å². The maximum absolute atomic E-state index is 13.2. The Morgan fingerprint density at radius 3 is 2.41 bits per heavy atom. The van der Waals surface area contributed by atoms with E-state index < -0.39 is 10.9 Å². The average Bonchev–Trinajstić information content (AvgIpc) is 3.19. The molecule has 0 radical (unpaired) electrons. The molecular weight excluding hydrogens is 441 g/mol. The van der Waals surface area contributed by atoms with Crippen LogP contribution in [0.3, 0.4) is 0 Å². The molecule has 0 saturated heterocycles. The molecule has 0 amide bonds. The molecule has 34 heavy (non-hydrogen) atoms. The van der Waals surface area contributed by atoms with Crippen molar-refractivity contribution < 1.29 is 28.3 Å². The third-order valence-corrected chi connectivity index (χ3v) is 4.98. The molecule has 0 aliphatic carbocycles. The highest BCUT2D eigenvalue weighted by Crippen LogP contribution is 2.32. The van der Waals surface area contributed by atoms with Gasteiger partial charge in [-0.2, -0.15) is 0 Å². The van der Waals surface area contributed by atoms with Gasteiger partial charge in [0.1, 0.15) is 18.2 Å². The maximum Gasteiger partial charge on any atom is 0.343 e. The molecule has 8 heteroatoms. The van der Waals surface area contributed by atoms with Crippen LogP contribution in [0.1, 0.15) is 23.6 Å². The standard InChI is InChI=1S/C26H20FNO6/c1-2-32-25-14-18(5-12-23(25)33-16-17-3-10-22(11-4-17)28(30)31)13-20-15-24(34-26(20)29)19-6-8-21(27)9-7-19/h3-15H,2,16H2,1H3/b20-13+. The van der Waals surface area contributed by atoms with Gasteiger partial charge < -0.3 is 14.2 Å². The van der Waals surface area contributed by atoms with E-state index in [0.717, 1.165) is 5.56 Å². The molecule has 3 aromatic rings. The number of carbonyl (C=O) groups is 1. The van der Waals surface area contributed by atoms with Gasteiger partial charge in [-0.1, -0.05) is 6.07 Å². The van der Waals surface area contributed by atoms with Gasteiger partial charge in [0.05, 0.1) is 17.1 Å². The number of hydrogen-bond donors (Lipinski definition) is 0. The summed E-state index contributed by atoms with van der Waals surface area (Å²) in [6.07, 6.45) is 3.27. The zero-order chi connectivity index (χ0) is 24.1. The molecule has 0 spiro atoms. The monoisotopic (exact) mass is 461 g/mol. The van der Waals surface area contributed by atoms with E-state index in [4.69, 9.17) is 14.2 Å². The van der Waals surface area contributed by atoms with Gasteiger partial charge in [-0.3, -0.25) is 10.1 Å². The summed E-state index contributed by atoms with van der Waals surface area (Å²) in [7, 11) is 0. The summed E-state index contributed by atoms with van der Waals surface area (Å²) in [5.74, 6) is 0.468. The van der Waals surface area contributed by atoms with E-state index in [0.29, 0.717) is 40.6 Å². The molecular formula is C26H20FNO6. The Morgan fingerprint density at radius 1 is 1.00 bits per heavy atom. The number of nitro groups is 1. The summed E-state index contributed by atoms with van der Waals surface area (Å²) in [6.45, 7) is 2.45. The van der Waals surface area contributed by atoms with E-state index >= 15 is 0 Å². The zero-order valence-corrected chi connectivity index (χ0v) is 18.2. The van der Waals surface area contributed by atoms with Crippen LogP contribution in [0.2, 0.25) is 0 Å². The molecule has 0 saturated carbocycles. The first kappa shape index (κ1) is 22.7. The molecule has 0 unspecified atom stereocenters. The number of nitrogens with zero attached hydrogens (tertiary/aromatic N) is 1.